The van der Waals surface area contributed by atoms with E-state index in [1.165, 1.54) is 7.11 Å². The molecule has 9 N–H and O–H groups in total. The fourth-order valence-corrected chi connectivity index (χ4v) is 4.45. The van der Waals surface area contributed by atoms with Crippen LogP contribution in [0.15, 0.2) is 0 Å². The Kier molecular flexibility index (Phi) is 10.2. The first-order valence-electron chi connectivity index (χ1n) is 11.3. The van der Waals surface area contributed by atoms with Gasteiger partial charge >= 0.3 is 0 Å². The topological polar surface area (TPSA) is 237 Å². The lowest BCUT2D eigenvalue weighted by atomic mass is 9.91. The zero-order chi connectivity index (χ0) is 26.0. The quantitative estimate of drug-likeness (QED) is 0.146. The van der Waals surface area contributed by atoms with Gasteiger partial charge < -0.3 is 74.4 Å². The molecule has 3 saturated heterocycles. The number of hydrogen-bond donors (Lipinski definition) is 9. The van der Waals surface area contributed by atoms with E-state index in [0.29, 0.717) is 0 Å². The first-order valence-corrected chi connectivity index (χ1v) is 11.3. The molecule has 0 radical (unpaired) electrons. The highest BCUT2D eigenvalue weighted by atomic mass is 16.8. The number of aliphatic hydroxyl groups excluding tert-OH is 9. The molecule has 15 atom stereocenters. The van der Waals surface area contributed by atoms with E-state index < -0.39 is 112 Å². The summed E-state index contributed by atoms with van der Waals surface area (Å²) < 4.78 is 32.4. The second kappa shape index (κ2) is 12.3. The summed E-state index contributed by atoms with van der Waals surface area (Å²) in [6, 6.07) is 0. The maximum atomic E-state index is 10.7. The minimum Gasteiger partial charge on any atom is -0.394 e. The van der Waals surface area contributed by atoms with Crippen LogP contribution in [0.5, 0.6) is 0 Å². The second-order valence-corrected chi connectivity index (χ2v) is 8.92. The molecule has 35 heavy (non-hydrogen) atoms. The van der Waals surface area contributed by atoms with E-state index in [1.54, 1.807) is 6.92 Å². The molecule has 0 saturated carbocycles. The van der Waals surface area contributed by atoms with Gasteiger partial charge in [0.15, 0.2) is 18.9 Å². The molecule has 3 rings (SSSR count). The zero-order valence-electron chi connectivity index (χ0n) is 19.3. The average molecular weight is 516 g/mol. The van der Waals surface area contributed by atoms with Crippen molar-refractivity contribution in [2.24, 2.45) is 5.92 Å². The van der Waals surface area contributed by atoms with Gasteiger partial charge in [0.2, 0.25) is 0 Å². The summed E-state index contributed by atoms with van der Waals surface area (Å²) >= 11 is 0. The monoisotopic (exact) mass is 516 g/mol. The Balaban J connectivity index is 1.72. The average Bonchev–Trinajstić information content (AvgIpc) is 2.86. The molecule has 6 unspecified atom stereocenters. The minimum absolute atomic E-state index is 0.482. The maximum absolute atomic E-state index is 10.7. The highest BCUT2D eigenvalue weighted by Crippen LogP contribution is 2.33. The summed E-state index contributed by atoms with van der Waals surface area (Å²) in [6.07, 6.45) is -20.5. The molecule has 3 fully saturated rings. The molecule has 15 heteroatoms. The predicted molar refractivity (Wildman–Crippen MR) is 109 cm³/mol. The Labute approximate surface area is 200 Å². The van der Waals surface area contributed by atoms with Crippen molar-refractivity contribution in [3.63, 3.8) is 0 Å². The standard InChI is InChI=1S/C20H36O15/c1-6-7(3-21)31-19(13(27)10(6)24)34-17-9(5-23)33-20(15(29)12(17)26)35-16-8(4-22)32-18(30-2)14(28)11(16)25/h6-29H,3-5H2,1-2H3/t6-,7-,8-,9?,10?,11?,12-,13?,14?,15?,16-,17+,18+,19-,20+/m1/s1. The van der Waals surface area contributed by atoms with E-state index in [2.05, 4.69) is 0 Å². The van der Waals surface area contributed by atoms with E-state index in [1.807, 2.05) is 0 Å². The molecule has 3 aliphatic rings. The fraction of sp³-hybridized carbons (Fsp3) is 1.00. The molecular formula is C20H36O15. The van der Waals surface area contributed by atoms with Crippen molar-refractivity contribution in [1.82, 2.24) is 0 Å². The van der Waals surface area contributed by atoms with Gasteiger partial charge in [0, 0.05) is 13.0 Å². The van der Waals surface area contributed by atoms with Crippen molar-refractivity contribution in [1.29, 1.82) is 0 Å². The number of aliphatic hydroxyl groups is 9. The van der Waals surface area contributed by atoms with Crippen LogP contribution in [-0.4, -0.2) is 159 Å². The molecule has 0 aromatic carbocycles. The number of rotatable bonds is 8. The van der Waals surface area contributed by atoms with Gasteiger partial charge in [-0.25, -0.2) is 0 Å². The summed E-state index contributed by atoms with van der Waals surface area (Å²) in [7, 11) is 1.22. The van der Waals surface area contributed by atoms with Gasteiger partial charge in [-0.1, -0.05) is 6.92 Å². The molecular weight excluding hydrogens is 480 g/mol. The van der Waals surface area contributed by atoms with E-state index in [0.717, 1.165) is 0 Å². The Hall–Kier alpha value is -0.600. The second-order valence-electron chi connectivity index (χ2n) is 8.92. The summed E-state index contributed by atoms with van der Waals surface area (Å²) in [5, 5.41) is 91.4. The molecule has 15 nitrogen and oxygen atoms in total. The van der Waals surface area contributed by atoms with Crippen LogP contribution in [-0.2, 0) is 28.4 Å². The van der Waals surface area contributed by atoms with Crippen molar-refractivity contribution in [2.45, 2.75) is 92.9 Å². The van der Waals surface area contributed by atoms with Crippen molar-refractivity contribution in [3.8, 4) is 0 Å². The van der Waals surface area contributed by atoms with Crippen LogP contribution in [0.25, 0.3) is 0 Å². The Bertz CT molecular complexity index is 650. The lowest BCUT2D eigenvalue weighted by Gasteiger charge is -2.48. The number of methoxy groups -OCH3 is 1. The molecule has 3 aliphatic heterocycles. The van der Waals surface area contributed by atoms with Gasteiger partial charge in [0.25, 0.3) is 0 Å². The largest absolute Gasteiger partial charge is 0.394 e. The van der Waals surface area contributed by atoms with E-state index in [9.17, 15) is 46.0 Å². The van der Waals surface area contributed by atoms with Crippen molar-refractivity contribution in [3.05, 3.63) is 0 Å². The lowest BCUT2D eigenvalue weighted by Crippen LogP contribution is -2.66. The summed E-state index contributed by atoms with van der Waals surface area (Å²) in [4.78, 5) is 0. The van der Waals surface area contributed by atoms with Crippen LogP contribution in [0.4, 0.5) is 0 Å². The highest BCUT2D eigenvalue weighted by Gasteiger charge is 2.53. The molecule has 0 aliphatic carbocycles. The SMILES string of the molecule is CO[C@H]1O[C@H](CO)[C@@H](O[C@@H]2OC(CO)[C@H](O[C@H]3O[C@H](CO)[C@@H](C)C(O)C3O)[C@H](O)C2O)C(O)C1O. The normalized spacial score (nSPS) is 51.3. The Morgan fingerprint density at radius 1 is 0.543 bits per heavy atom. The van der Waals surface area contributed by atoms with Gasteiger partial charge in [-0.2, -0.15) is 0 Å². The molecule has 0 aromatic rings. The Morgan fingerprint density at radius 2 is 0.914 bits per heavy atom. The van der Waals surface area contributed by atoms with Gasteiger partial charge in [0.05, 0.1) is 32.0 Å². The van der Waals surface area contributed by atoms with Crippen LogP contribution in [0.2, 0.25) is 0 Å². The van der Waals surface area contributed by atoms with Gasteiger partial charge in [-0.15, -0.1) is 0 Å². The third kappa shape index (κ3) is 5.79. The molecule has 0 amide bonds. The van der Waals surface area contributed by atoms with Crippen molar-refractivity contribution in [2.75, 3.05) is 26.9 Å². The predicted octanol–water partition coefficient (Wildman–Crippen LogP) is -5.64. The fourth-order valence-electron chi connectivity index (χ4n) is 4.45. The van der Waals surface area contributed by atoms with Gasteiger partial charge in [-0.05, 0) is 0 Å². The first kappa shape index (κ1) is 29.0. The molecule has 3 heterocycles. The molecule has 206 valence electrons. The van der Waals surface area contributed by atoms with Crippen LogP contribution >= 0.6 is 0 Å². The third-order valence-corrected chi connectivity index (χ3v) is 6.70. The van der Waals surface area contributed by atoms with Crippen LogP contribution in [0.1, 0.15) is 6.92 Å². The molecule has 0 aromatic heterocycles. The van der Waals surface area contributed by atoms with Gasteiger partial charge in [-0.3, -0.25) is 0 Å². The maximum Gasteiger partial charge on any atom is 0.187 e. The molecule has 0 spiro atoms. The van der Waals surface area contributed by atoms with Crippen molar-refractivity contribution < 1.29 is 74.4 Å². The van der Waals surface area contributed by atoms with Crippen molar-refractivity contribution >= 4 is 0 Å². The first-order chi connectivity index (χ1) is 16.6. The van der Waals surface area contributed by atoms with Gasteiger partial charge in [0.1, 0.15) is 54.9 Å². The zero-order valence-corrected chi connectivity index (χ0v) is 19.3. The summed E-state index contributed by atoms with van der Waals surface area (Å²) in [6.45, 7) is -0.329. The number of hydrogen-bond acceptors (Lipinski definition) is 15. The van der Waals surface area contributed by atoms with E-state index in [-0.39, 0.29) is 0 Å². The molecule has 0 bridgehead atoms. The minimum atomic E-state index is -1.83. The van der Waals surface area contributed by atoms with E-state index >= 15 is 0 Å². The lowest BCUT2D eigenvalue weighted by molar-refractivity contribution is -0.377. The van der Waals surface area contributed by atoms with Crippen LogP contribution in [0, 0.1) is 5.92 Å². The summed E-state index contributed by atoms with van der Waals surface area (Å²) in [5.41, 5.74) is 0. The Morgan fingerprint density at radius 3 is 1.34 bits per heavy atom. The van der Waals surface area contributed by atoms with Crippen LogP contribution in [0.3, 0.4) is 0 Å². The third-order valence-electron chi connectivity index (χ3n) is 6.70. The summed E-state index contributed by atoms with van der Waals surface area (Å²) in [5.74, 6) is -0.629. The smallest absolute Gasteiger partial charge is 0.187 e. The van der Waals surface area contributed by atoms with E-state index in [4.69, 9.17) is 28.4 Å². The highest BCUT2D eigenvalue weighted by molar-refractivity contribution is 4.96. The number of ether oxygens (including phenoxy) is 6. The van der Waals surface area contributed by atoms with Crippen LogP contribution < -0.4 is 0 Å².